The SMILES string of the molecule is COC(Cn1cc(-c2nccn3nc(Nc4ccc5c(c4)CC(=O)N5)nc23)cn1)OC. The van der Waals surface area contributed by atoms with Crippen molar-refractivity contribution in [2.24, 2.45) is 0 Å². The third kappa shape index (κ3) is 3.71. The number of carbonyl (C=O) groups excluding carboxylic acids is 1. The predicted molar refractivity (Wildman–Crippen MR) is 112 cm³/mol. The number of rotatable bonds is 7. The topological polar surface area (TPSA) is 120 Å². The maximum atomic E-state index is 11.6. The monoisotopic (exact) mass is 420 g/mol. The third-order valence-electron chi connectivity index (χ3n) is 5.01. The van der Waals surface area contributed by atoms with Gasteiger partial charge in [-0.1, -0.05) is 0 Å². The highest BCUT2D eigenvalue weighted by atomic mass is 16.7. The summed E-state index contributed by atoms with van der Waals surface area (Å²) >= 11 is 0. The summed E-state index contributed by atoms with van der Waals surface area (Å²) in [6, 6.07) is 5.67. The van der Waals surface area contributed by atoms with E-state index < -0.39 is 6.29 Å². The van der Waals surface area contributed by atoms with Crippen LogP contribution in [0.2, 0.25) is 0 Å². The van der Waals surface area contributed by atoms with Gasteiger partial charge in [0.25, 0.3) is 0 Å². The number of benzene rings is 1. The summed E-state index contributed by atoms with van der Waals surface area (Å²) in [6.45, 7) is 0.450. The van der Waals surface area contributed by atoms with Crippen LogP contribution in [-0.2, 0) is 27.2 Å². The van der Waals surface area contributed by atoms with E-state index >= 15 is 0 Å². The highest BCUT2D eigenvalue weighted by molar-refractivity contribution is 5.99. The van der Waals surface area contributed by atoms with Gasteiger partial charge in [-0.15, -0.1) is 5.10 Å². The van der Waals surface area contributed by atoms with E-state index in [0.29, 0.717) is 30.3 Å². The van der Waals surface area contributed by atoms with Crippen LogP contribution in [0.3, 0.4) is 0 Å². The highest BCUT2D eigenvalue weighted by Crippen LogP contribution is 2.28. The molecule has 2 N–H and O–H groups in total. The molecule has 0 atom stereocenters. The van der Waals surface area contributed by atoms with Gasteiger partial charge in [0, 0.05) is 49.7 Å². The number of ether oxygens (including phenoxy) is 2. The largest absolute Gasteiger partial charge is 0.354 e. The molecule has 4 heterocycles. The normalized spacial score (nSPS) is 13.1. The first-order chi connectivity index (χ1) is 15.1. The molecule has 0 saturated heterocycles. The lowest BCUT2D eigenvalue weighted by Crippen LogP contribution is -2.20. The molecule has 0 spiro atoms. The fraction of sp³-hybridized carbons (Fsp3) is 0.250. The molecule has 11 nitrogen and oxygen atoms in total. The van der Waals surface area contributed by atoms with E-state index in [9.17, 15) is 4.79 Å². The molecule has 1 aliphatic rings. The van der Waals surface area contributed by atoms with Gasteiger partial charge < -0.3 is 20.1 Å². The Hall–Kier alpha value is -3.83. The Bertz CT molecular complexity index is 1260. The van der Waals surface area contributed by atoms with Crippen molar-refractivity contribution in [2.45, 2.75) is 19.3 Å². The second-order valence-electron chi connectivity index (χ2n) is 7.05. The molecule has 0 radical (unpaired) electrons. The van der Waals surface area contributed by atoms with Gasteiger partial charge in [0.1, 0.15) is 5.69 Å². The molecule has 11 heteroatoms. The molecule has 31 heavy (non-hydrogen) atoms. The van der Waals surface area contributed by atoms with Crippen LogP contribution in [0.5, 0.6) is 0 Å². The Morgan fingerprint density at radius 1 is 1.29 bits per heavy atom. The molecule has 0 unspecified atom stereocenters. The van der Waals surface area contributed by atoms with Crippen molar-refractivity contribution in [3.63, 3.8) is 0 Å². The number of hydrogen-bond acceptors (Lipinski definition) is 8. The van der Waals surface area contributed by atoms with Crippen molar-refractivity contribution in [3.05, 3.63) is 48.5 Å². The number of aromatic nitrogens is 6. The molecular formula is C20H20N8O3. The van der Waals surface area contributed by atoms with Gasteiger partial charge in [0.05, 0.1) is 19.2 Å². The average molecular weight is 420 g/mol. The number of fused-ring (bicyclic) bond motifs is 2. The van der Waals surface area contributed by atoms with Crippen molar-refractivity contribution in [2.75, 3.05) is 24.9 Å². The molecule has 0 bridgehead atoms. The molecule has 5 rings (SSSR count). The number of nitrogens with zero attached hydrogens (tertiary/aromatic N) is 6. The van der Waals surface area contributed by atoms with Gasteiger partial charge in [-0.3, -0.25) is 14.5 Å². The lowest BCUT2D eigenvalue weighted by Gasteiger charge is -2.12. The van der Waals surface area contributed by atoms with Crippen molar-refractivity contribution >= 4 is 28.9 Å². The Morgan fingerprint density at radius 2 is 2.16 bits per heavy atom. The Morgan fingerprint density at radius 3 is 3.00 bits per heavy atom. The standard InChI is InChI=1S/C20H20N8O3/c1-30-17(31-2)11-27-10-13(9-22-27)18-19-25-20(26-28(19)6-5-21-18)23-14-3-4-15-12(7-14)8-16(29)24-15/h3-7,9-10,17H,8,11H2,1-2H3,(H,23,26)(H,24,29). The van der Waals surface area contributed by atoms with Crippen LogP contribution in [0.25, 0.3) is 16.9 Å². The van der Waals surface area contributed by atoms with Gasteiger partial charge in [-0.25, -0.2) is 4.52 Å². The number of amides is 1. The highest BCUT2D eigenvalue weighted by Gasteiger charge is 2.18. The molecule has 3 aromatic heterocycles. The Balaban J connectivity index is 1.42. The van der Waals surface area contributed by atoms with E-state index in [-0.39, 0.29) is 5.91 Å². The summed E-state index contributed by atoms with van der Waals surface area (Å²) in [4.78, 5) is 20.6. The first-order valence-corrected chi connectivity index (χ1v) is 9.62. The minimum Gasteiger partial charge on any atom is -0.354 e. The van der Waals surface area contributed by atoms with Gasteiger partial charge in [0.2, 0.25) is 11.9 Å². The number of methoxy groups -OCH3 is 2. The van der Waals surface area contributed by atoms with E-state index in [1.165, 1.54) is 0 Å². The minimum absolute atomic E-state index is 0.00316. The fourth-order valence-electron chi connectivity index (χ4n) is 3.49. The van der Waals surface area contributed by atoms with Crippen LogP contribution in [0.15, 0.2) is 43.0 Å². The molecule has 1 aliphatic heterocycles. The second-order valence-corrected chi connectivity index (χ2v) is 7.05. The number of nitrogens with one attached hydrogen (secondary N) is 2. The summed E-state index contributed by atoms with van der Waals surface area (Å²) < 4.78 is 13.8. The first-order valence-electron chi connectivity index (χ1n) is 9.62. The van der Waals surface area contributed by atoms with Gasteiger partial charge in [-0.05, 0) is 23.8 Å². The van der Waals surface area contributed by atoms with E-state index in [4.69, 9.17) is 9.47 Å². The second kappa shape index (κ2) is 7.78. The summed E-state index contributed by atoms with van der Waals surface area (Å²) in [5.74, 6) is 0.425. The quantitative estimate of drug-likeness (QED) is 0.435. The zero-order chi connectivity index (χ0) is 21.4. The number of anilines is 3. The summed E-state index contributed by atoms with van der Waals surface area (Å²) in [6.07, 6.45) is 6.96. The van der Waals surface area contributed by atoms with Gasteiger partial charge in [0.15, 0.2) is 11.9 Å². The van der Waals surface area contributed by atoms with Crippen molar-refractivity contribution < 1.29 is 14.3 Å². The first kappa shape index (κ1) is 19.2. The molecule has 158 valence electrons. The van der Waals surface area contributed by atoms with Crippen LogP contribution in [0.1, 0.15) is 5.56 Å². The molecular weight excluding hydrogens is 400 g/mol. The molecule has 0 fully saturated rings. The maximum absolute atomic E-state index is 11.6. The van der Waals surface area contributed by atoms with Gasteiger partial charge >= 0.3 is 0 Å². The summed E-state index contributed by atoms with van der Waals surface area (Å²) in [5.41, 5.74) is 4.64. The van der Waals surface area contributed by atoms with Crippen LogP contribution in [-0.4, -0.2) is 55.8 Å². The van der Waals surface area contributed by atoms with Crippen LogP contribution < -0.4 is 10.6 Å². The van der Waals surface area contributed by atoms with Crippen LogP contribution >= 0.6 is 0 Å². The lowest BCUT2D eigenvalue weighted by atomic mass is 10.1. The maximum Gasteiger partial charge on any atom is 0.247 e. The third-order valence-corrected chi connectivity index (χ3v) is 5.01. The Labute approximate surface area is 177 Å². The predicted octanol–water partition coefficient (Wildman–Crippen LogP) is 1.84. The summed E-state index contributed by atoms with van der Waals surface area (Å²) in [5, 5.41) is 14.9. The zero-order valence-corrected chi connectivity index (χ0v) is 16.9. The molecule has 1 aromatic carbocycles. The van der Waals surface area contributed by atoms with E-state index in [1.54, 1.807) is 42.0 Å². The number of carbonyl (C=O) groups is 1. The minimum atomic E-state index is -0.391. The van der Waals surface area contributed by atoms with Gasteiger partial charge in [-0.2, -0.15) is 10.1 Å². The average Bonchev–Trinajstić information content (AvgIpc) is 3.48. The molecule has 0 saturated carbocycles. The van der Waals surface area contributed by atoms with Crippen LogP contribution in [0.4, 0.5) is 17.3 Å². The zero-order valence-electron chi connectivity index (χ0n) is 16.9. The lowest BCUT2D eigenvalue weighted by molar-refractivity contribution is -0.115. The van der Waals surface area contributed by atoms with E-state index in [0.717, 1.165) is 22.5 Å². The van der Waals surface area contributed by atoms with Crippen molar-refractivity contribution in [3.8, 4) is 11.3 Å². The molecule has 1 amide bonds. The van der Waals surface area contributed by atoms with Crippen molar-refractivity contribution in [1.82, 2.24) is 29.4 Å². The summed E-state index contributed by atoms with van der Waals surface area (Å²) in [7, 11) is 3.17. The van der Waals surface area contributed by atoms with E-state index in [1.807, 2.05) is 24.4 Å². The van der Waals surface area contributed by atoms with E-state index in [2.05, 4.69) is 30.8 Å². The molecule has 4 aromatic rings. The Kier molecular flexibility index (Phi) is 4.81. The number of hydrogen-bond donors (Lipinski definition) is 2. The fourth-order valence-corrected chi connectivity index (χ4v) is 3.49. The molecule has 0 aliphatic carbocycles. The van der Waals surface area contributed by atoms with Crippen LogP contribution in [0, 0.1) is 0 Å². The smallest absolute Gasteiger partial charge is 0.247 e. The van der Waals surface area contributed by atoms with Crippen molar-refractivity contribution in [1.29, 1.82) is 0 Å².